The van der Waals surface area contributed by atoms with E-state index in [1.165, 1.54) is 16.3 Å². The highest BCUT2D eigenvalue weighted by Gasteiger charge is 2.04. The minimum Gasteiger partial charge on any atom is -0.311 e. The zero-order valence-electron chi connectivity index (χ0n) is 12.3. The van der Waals surface area contributed by atoms with Gasteiger partial charge in [0.15, 0.2) is 0 Å². The van der Waals surface area contributed by atoms with Crippen LogP contribution < -0.4 is 5.32 Å². The highest BCUT2D eigenvalue weighted by Crippen LogP contribution is 2.19. The summed E-state index contributed by atoms with van der Waals surface area (Å²) in [6, 6.07) is 14.8. The van der Waals surface area contributed by atoms with Gasteiger partial charge < -0.3 is 5.32 Å². The van der Waals surface area contributed by atoms with Crippen LogP contribution in [0.2, 0.25) is 0 Å². The third-order valence-electron chi connectivity index (χ3n) is 3.53. The van der Waals surface area contributed by atoms with E-state index in [4.69, 9.17) is 0 Å². The summed E-state index contributed by atoms with van der Waals surface area (Å²) < 4.78 is 1.91. The number of benzene rings is 2. The Morgan fingerprint density at radius 2 is 1.95 bits per heavy atom. The lowest BCUT2D eigenvalue weighted by Crippen LogP contribution is -2.13. The van der Waals surface area contributed by atoms with Gasteiger partial charge in [0.1, 0.15) is 0 Å². The topological polar surface area (TPSA) is 42.7 Å². The predicted octanol–water partition coefficient (Wildman–Crippen LogP) is 2.98. The monoisotopic (exact) mass is 280 g/mol. The molecule has 4 nitrogen and oxygen atoms in total. The summed E-state index contributed by atoms with van der Waals surface area (Å²) in [5, 5.41) is 14.3. The Hall–Kier alpha value is -2.20. The SMILES string of the molecule is CCCNCc1cn(Cc2cccc3ccccc23)nn1. The van der Waals surface area contributed by atoms with Crippen LogP contribution in [0.25, 0.3) is 10.8 Å². The lowest BCUT2D eigenvalue weighted by Gasteiger charge is -2.06. The Morgan fingerprint density at radius 1 is 1.10 bits per heavy atom. The van der Waals surface area contributed by atoms with E-state index in [1.54, 1.807) is 0 Å². The number of nitrogens with one attached hydrogen (secondary N) is 1. The van der Waals surface area contributed by atoms with Crippen LogP contribution in [0.5, 0.6) is 0 Å². The molecule has 0 atom stereocenters. The number of fused-ring (bicyclic) bond motifs is 1. The Kier molecular flexibility index (Phi) is 4.26. The van der Waals surface area contributed by atoms with Crippen molar-refractivity contribution in [2.45, 2.75) is 26.4 Å². The van der Waals surface area contributed by atoms with Crippen LogP contribution in [0.15, 0.2) is 48.7 Å². The number of nitrogens with zero attached hydrogens (tertiary/aromatic N) is 3. The van der Waals surface area contributed by atoms with E-state index in [0.29, 0.717) is 0 Å². The average Bonchev–Trinajstić information content (AvgIpc) is 2.96. The zero-order valence-corrected chi connectivity index (χ0v) is 12.3. The Morgan fingerprint density at radius 3 is 2.86 bits per heavy atom. The van der Waals surface area contributed by atoms with E-state index in [-0.39, 0.29) is 0 Å². The summed E-state index contributed by atoms with van der Waals surface area (Å²) in [7, 11) is 0. The van der Waals surface area contributed by atoms with Crippen molar-refractivity contribution in [3.63, 3.8) is 0 Å². The second-order valence-electron chi connectivity index (χ2n) is 5.22. The van der Waals surface area contributed by atoms with E-state index in [0.717, 1.165) is 31.7 Å². The summed E-state index contributed by atoms with van der Waals surface area (Å²) in [5.41, 5.74) is 2.26. The molecule has 0 saturated carbocycles. The van der Waals surface area contributed by atoms with Crippen molar-refractivity contribution in [3.05, 3.63) is 59.9 Å². The van der Waals surface area contributed by atoms with Gasteiger partial charge in [0.05, 0.1) is 18.4 Å². The molecule has 2 aromatic carbocycles. The zero-order chi connectivity index (χ0) is 14.5. The molecule has 21 heavy (non-hydrogen) atoms. The molecule has 0 unspecified atom stereocenters. The molecule has 108 valence electrons. The normalized spacial score (nSPS) is 11.1. The van der Waals surface area contributed by atoms with Crippen molar-refractivity contribution in [2.24, 2.45) is 0 Å². The van der Waals surface area contributed by atoms with Crippen LogP contribution in [-0.2, 0) is 13.1 Å². The smallest absolute Gasteiger partial charge is 0.0964 e. The van der Waals surface area contributed by atoms with Gasteiger partial charge in [-0.15, -0.1) is 5.10 Å². The van der Waals surface area contributed by atoms with E-state index in [2.05, 4.69) is 65.0 Å². The van der Waals surface area contributed by atoms with Gasteiger partial charge >= 0.3 is 0 Å². The van der Waals surface area contributed by atoms with Crippen molar-refractivity contribution in [2.75, 3.05) is 6.54 Å². The van der Waals surface area contributed by atoms with E-state index in [9.17, 15) is 0 Å². The van der Waals surface area contributed by atoms with Crippen LogP contribution in [0.4, 0.5) is 0 Å². The van der Waals surface area contributed by atoms with Crippen molar-refractivity contribution >= 4 is 10.8 Å². The van der Waals surface area contributed by atoms with E-state index in [1.807, 2.05) is 10.9 Å². The molecule has 0 saturated heterocycles. The average molecular weight is 280 g/mol. The summed E-state index contributed by atoms with van der Waals surface area (Å²) >= 11 is 0. The molecule has 1 N–H and O–H groups in total. The van der Waals surface area contributed by atoms with Crippen molar-refractivity contribution in [1.82, 2.24) is 20.3 Å². The van der Waals surface area contributed by atoms with Gasteiger partial charge in [-0.25, -0.2) is 4.68 Å². The number of aromatic nitrogens is 3. The summed E-state index contributed by atoms with van der Waals surface area (Å²) in [5.74, 6) is 0. The van der Waals surface area contributed by atoms with Crippen LogP contribution in [0.1, 0.15) is 24.6 Å². The lowest BCUT2D eigenvalue weighted by molar-refractivity contribution is 0.647. The number of rotatable bonds is 6. The van der Waals surface area contributed by atoms with E-state index >= 15 is 0 Å². The molecular weight excluding hydrogens is 260 g/mol. The minimum absolute atomic E-state index is 0.752. The largest absolute Gasteiger partial charge is 0.311 e. The maximum atomic E-state index is 4.22. The van der Waals surface area contributed by atoms with Gasteiger partial charge in [-0.2, -0.15) is 0 Å². The summed E-state index contributed by atoms with van der Waals surface area (Å²) in [4.78, 5) is 0. The first-order chi connectivity index (χ1) is 10.4. The highest BCUT2D eigenvalue weighted by atomic mass is 15.4. The Labute approximate surface area is 124 Å². The summed E-state index contributed by atoms with van der Waals surface area (Å²) in [6.07, 6.45) is 3.15. The quantitative estimate of drug-likeness (QED) is 0.706. The van der Waals surface area contributed by atoms with E-state index < -0.39 is 0 Å². The van der Waals surface area contributed by atoms with Crippen LogP contribution in [0, 0.1) is 0 Å². The molecule has 0 aliphatic carbocycles. The predicted molar refractivity (Wildman–Crippen MR) is 85.1 cm³/mol. The molecule has 0 spiro atoms. The molecule has 3 rings (SSSR count). The van der Waals surface area contributed by atoms with Crippen LogP contribution in [-0.4, -0.2) is 21.5 Å². The van der Waals surface area contributed by atoms with Crippen molar-refractivity contribution in [3.8, 4) is 0 Å². The standard InChI is InChI=1S/C17H20N4/c1-2-10-18-11-16-13-21(20-19-16)12-15-8-5-7-14-6-3-4-9-17(14)15/h3-9,13,18H,2,10-12H2,1H3. The lowest BCUT2D eigenvalue weighted by atomic mass is 10.0. The second-order valence-corrected chi connectivity index (χ2v) is 5.22. The van der Waals surface area contributed by atoms with Crippen LogP contribution in [0.3, 0.4) is 0 Å². The maximum Gasteiger partial charge on any atom is 0.0964 e. The fourth-order valence-corrected chi connectivity index (χ4v) is 2.49. The van der Waals surface area contributed by atoms with Gasteiger partial charge in [0.25, 0.3) is 0 Å². The first-order valence-corrected chi connectivity index (χ1v) is 7.43. The summed E-state index contributed by atoms with van der Waals surface area (Å²) in [6.45, 7) is 4.70. The third kappa shape index (κ3) is 3.28. The molecular formula is C17H20N4. The third-order valence-corrected chi connectivity index (χ3v) is 3.53. The highest BCUT2D eigenvalue weighted by molar-refractivity contribution is 5.85. The van der Waals surface area contributed by atoms with Gasteiger partial charge in [-0.05, 0) is 29.3 Å². The maximum absolute atomic E-state index is 4.22. The van der Waals surface area contributed by atoms with Crippen molar-refractivity contribution < 1.29 is 0 Å². The number of hydrogen-bond donors (Lipinski definition) is 1. The van der Waals surface area contributed by atoms with Crippen LogP contribution >= 0.6 is 0 Å². The molecule has 0 fully saturated rings. The molecule has 4 heteroatoms. The molecule has 3 aromatic rings. The van der Waals surface area contributed by atoms with Gasteiger partial charge in [-0.1, -0.05) is 54.6 Å². The molecule has 0 aliphatic heterocycles. The molecule has 0 bridgehead atoms. The first kappa shape index (κ1) is 13.8. The first-order valence-electron chi connectivity index (χ1n) is 7.43. The Balaban J connectivity index is 1.76. The minimum atomic E-state index is 0.752. The fraction of sp³-hybridized carbons (Fsp3) is 0.294. The molecule has 1 heterocycles. The van der Waals surface area contributed by atoms with Gasteiger partial charge in [-0.3, -0.25) is 0 Å². The molecule has 0 amide bonds. The molecule has 0 radical (unpaired) electrons. The van der Waals surface area contributed by atoms with Gasteiger partial charge in [0.2, 0.25) is 0 Å². The van der Waals surface area contributed by atoms with Gasteiger partial charge in [0, 0.05) is 6.54 Å². The molecule has 1 aromatic heterocycles. The Bertz CT molecular complexity index is 712. The van der Waals surface area contributed by atoms with Crippen molar-refractivity contribution in [1.29, 1.82) is 0 Å². The fourth-order valence-electron chi connectivity index (χ4n) is 2.49. The number of hydrogen-bond acceptors (Lipinski definition) is 3. The second kappa shape index (κ2) is 6.50. The molecule has 0 aliphatic rings.